The second kappa shape index (κ2) is 6.52. The number of hydrogen-bond donors (Lipinski definition) is 1. The molecule has 0 radical (unpaired) electrons. The molecular formula is C15H20N2O3. The molecule has 108 valence electrons. The second-order valence-electron chi connectivity index (χ2n) is 5.11. The van der Waals surface area contributed by atoms with E-state index in [0.717, 1.165) is 5.69 Å². The summed E-state index contributed by atoms with van der Waals surface area (Å²) in [6.07, 6.45) is 0.264. The van der Waals surface area contributed by atoms with Gasteiger partial charge in [0.15, 0.2) is 0 Å². The number of methoxy groups -OCH3 is 1. The van der Waals surface area contributed by atoms with Crippen LogP contribution in [0.25, 0.3) is 0 Å². The molecule has 0 aliphatic carbocycles. The first-order chi connectivity index (χ1) is 9.61. The summed E-state index contributed by atoms with van der Waals surface area (Å²) in [6.45, 7) is 2.79. The molecule has 0 spiro atoms. The highest BCUT2D eigenvalue weighted by Crippen LogP contribution is 2.24. The molecule has 1 aliphatic heterocycles. The Kier molecular flexibility index (Phi) is 4.74. The van der Waals surface area contributed by atoms with Crippen LogP contribution in [-0.2, 0) is 14.3 Å². The van der Waals surface area contributed by atoms with E-state index in [9.17, 15) is 9.59 Å². The number of amides is 2. The van der Waals surface area contributed by atoms with Gasteiger partial charge in [0.05, 0.1) is 12.5 Å². The molecule has 1 aromatic rings. The van der Waals surface area contributed by atoms with Crippen LogP contribution in [0, 0.1) is 5.92 Å². The molecule has 0 aromatic heterocycles. The Morgan fingerprint density at radius 2 is 2.15 bits per heavy atom. The van der Waals surface area contributed by atoms with Crippen LogP contribution in [0.3, 0.4) is 0 Å². The number of carbonyl (C=O) groups excluding carboxylic acids is 2. The first-order valence-electron chi connectivity index (χ1n) is 6.76. The third-order valence-electron chi connectivity index (χ3n) is 3.37. The number of carbonyl (C=O) groups is 2. The molecule has 1 saturated heterocycles. The van der Waals surface area contributed by atoms with E-state index in [1.54, 1.807) is 12.0 Å². The number of ether oxygens (including phenoxy) is 1. The van der Waals surface area contributed by atoms with Gasteiger partial charge in [-0.2, -0.15) is 0 Å². The van der Waals surface area contributed by atoms with E-state index < -0.39 is 0 Å². The smallest absolute Gasteiger partial charge is 0.227 e. The summed E-state index contributed by atoms with van der Waals surface area (Å²) in [5, 5.41) is 2.87. The summed E-state index contributed by atoms with van der Waals surface area (Å²) in [5.74, 6) is -0.376. The van der Waals surface area contributed by atoms with Crippen molar-refractivity contribution in [1.82, 2.24) is 5.32 Å². The fourth-order valence-electron chi connectivity index (χ4n) is 2.39. The van der Waals surface area contributed by atoms with Gasteiger partial charge in [-0.25, -0.2) is 0 Å². The number of para-hydroxylation sites is 1. The van der Waals surface area contributed by atoms with Crippen LogP contribution in [0.2, 0.25) is 0 Å². The number of anilines is 1. The predicted octanol–water partition coefficient (Wildman–Crippen LogP) is 1.19. The Bertz CT molecular complexity index is 475. The normalized spacial score (nSPS) is 20.0. The van der Waals surface area contributed by atoms with Crippen LogP contribution >= 0.6 is 0 Å². The SMILES string of the molecule is COC[C@H](C)NC(=O)[C@H]1CC(=O)N(c2ccccc2)C1. The summed E-state index contributed by atoms with van der Waals surface area (Å²) < 4.78 is 4.99. The van der Waals surface area contributed by atoms with Gasteiger partial charge in [-0.3, -0.25) is 9.59 Å². The minimum Gasteiger partial charge on any atom is -0.383 e. The predicted molar refractivity (Wildman–Crippen MR) is 76.4 cm³/mol. The van der Waals surface area contributed by atoms with Crippen LogP contribution in [0.4, 0.5) is 5.69 Å². The van der Waals surface area contributed by atoms with Crippen LogP contribution < -0.4 is 10.2 Å². The fourth-order valence-corrected chi connectivity index (χ4v) is 2.39. The standard InChI is InChI=1S/C15H20N2O3/c1-11(10-20-2)16-15(19)12-8-14(18)17(9-12)13-6-4-3-5-7-13/h3-7,11-12H,8-10H2,1-2H3,(H,16,19)/t11-,12-/m0/s1. The minimum absolute atomic E-state index is 0.00394. The molecule has 0 saturated carbocycles. The van der Waals surface area contributed by atoms with Crippen molar-refractivity contribution in [2.45, 2.75) is 19.4 Å². The van der Waals surface area contributed by atoms with Crippen molar-refractivity contribution in [3.63, 3.8) is 0 Å². The van der Waals surface area contributed by atoms with Crippen LogP contribution in [-0.4, -0.2) is 38.1 Å². The van der Waals surface area contributed by atoms with Crippen molar-refractivity contribution >= 4 is 17.5 Å². The summed E-state index contributed by atoms with van der Waals surface area (Å²) >= 11 is 0. The minimum atomic E-state index is -0.290. The Hall–Kier alpha value is -1.88. The maximum atomic E-state index is 12.1. The Morgan fingerprint density at radius 3 is 2.80 bits per heavy atom. The van der Waals surface area contributed by atoms with Crippen molar-refractivity contribution in [2.75, 3.05) is 25.2 Å². The van der Waals surface area contributed by atoms with E-state index in [4.69, 9.17) is 4.74 Å². The molecule has 1 fully saturated rings. The highest BCUT2D eigenvalue weighted by molar-refractivity contribution is 6.00. The Balaban J connectivity index is 1.97. The lowest BCUT2D eigenvalue weighted by Crippen LogP contribution is -2.40. The molecule has 2 amide bonds. The molecule has 2 atom stereocenters. The lowest BCUT2D eigenvalue weighted by molar-refractivity contribution is -0.127. The first-order valence-corrected chi connectivity index (χ1v) is 6.76. The average molecular weight is 276 g/mol. The van der Waals surface area contributed by atoms with Crippen LogP contribution in [0.1, 0.15) is 13.3 Å². The maximum Gasteiger partial charge on any atom is 0.227 e. The topological polar surface area (TPSA) is 58.6 Å². The Morgan fingerprint density at radius 1 is 1.45 bits per heavy atom. The number of rotatable bonds is 5. The summed E-state index contributed by atoms with van der Waals surface area (Å²) in [6, 6.07) is 9.39. The summed E-state index contributed by atoms with van der Waals surface area (Å²) in [5.41, 5.74) is 0.845. The van der Waals surface area contributed by atoms with E-state index in [1.165, 1.54) is 0 Å². The maximum absolute atomic E-state index is 12.1. The molecule has 1 heterocycles. The van der Waals surface area contributed by atoms with Crippen LogP contribution in [0.15, 0.2) is 30.3 Å². The number of nitrogens with one attached hydrogen (secondary N) is 1. The van der Waals surface area contributed by atoms with Gasteiger partial charge < -0.3 is 15.0 Å². The van der Waals surface area contributed by atoms with Gasteiger partial charge in [-0.15, -0.1) is 0 Å². The average Bonchev–Trinajstić information content (AvgIpc) is 2.82. The second-order valence-corrected chi connectivity index (χ2v) is 5.11. The van der Waals surface area contributed by atoms with Gasteiger partial charge in [0, 0.05) is 31.8 Å². The van der Waals surface area contributed by atoms with Crippen molar-refractivity contribution in [3.8, 4) is 0 Å². The summed E-state index contributed by atoms with van der Waals surface area (Å²) in [4.78, 5) is 25.8. The molecule has 1 aliphatic rings. The highest BCUT2D eigenvalue weighted by atomic mass is 16.5. The van der Waals surface area contributed by atoms with Gasteiger partial charge >= 0.3 is 0 Å². The van der Waals surface area contributed by atoms with Crippen LogP contribution in [0.5, 0.6) is 0 Å². The van der Waals surface area contributed by atoms with Gasteiger partial charge in [0.1, 0.15) is 0 Å². The lowest BCUT2D eigenvalue weighted by Gasteiger charge is -2.18. The summed E-state index contributed by atoms with van der Waals surface area (Å²) in [7, 11) is 1.60. The van der Waals surface area contributed by atoms with Crippen molar-refractivity contribution < 1.29 is 14.3 Å². The zero-order valence-corrected chi connectivity index (χ0v) is 11.8. The molecule has 20 heavy (non-hydrogen) atoms. The first kappa shape index (κ1) is 14.5. The number of nitrogens with zero attached hydrogens (tertiary/aromatic N) is 1. The third-order valence-corrected chi connectivity index (χ3v) is 3.37. The molecule has 2 rings (SSSR count). The third kappa shape index (κ3) is 3.36. The number of benzene rings is 1. The zero-order valence-electron chi connectivity index (χ0n) is 11.8. The van der Waals surface area contributed by atoms with Gasteiger partial charge in [0.2, 0.25) is 11.8 Å². The van der Waals surface area contributed by atoms with Gasteiger partial charge in [-0.1, -0.05) is 18.2 Å². The van der Waals surface area contributed by atoms with Gasteiger partial charge in [-0.05, 0) is 19.1 Å². The fraction of sp³-hybridized carbons (Fsp3) is 0.467. The highest BCUT2D eigenvalue weighted by Gasteiger charge is 2.35. The Labute approximate surface area is 118 Å². The largest absolute Gasteiger partial charge is 0.383 e. The monoisotopic (exact) mass is 276 g/mol. The molecular weight excluding hydrogens is 256 g/mol. The van der Waals surface area contributed by atoms with Crippen molar-refractivity contribution in [1.29, 1.82) is 0 Å². The van der Waals surface area contributed by atoms with Crippen molar-refractivity contribution in [2.24, 2.45) is 5.92 Å². The molecule has 5 nitrogen and oxygen atoms in total. The van der Waals surface area contributed by atoms with E-state index in [-0.39, 0.29) is 30.2 Å². The zero-order chi connectivity index (χ0) is 14.5. The van der Waals surface area contributed by atoms with E-state index in [0.29, 0.717) is 13.2 Å². The van der Waals surface area contributed by atoms with E-state index >= 15 is 0 Å². The molecule has 0 bridgehead atoms. The quantitative estimate of drug-likeness (QED) is 0.879. The van der Waals surface area contributed by atoms with E-state index in [1.807, 2.05) is 37.3 Å². The molecule has 1 aromatic carbocycles. The molecule has 5 heteroatoms. The van der Waals surface area contributed by atoms with E-state index in [2.05, 4.69) is 5.32 Å². The molecule has 0 unspecified atom stereocenters. The lowest BCUT2D eigenvalue weighted by atomic mass is 10.1. The van der Waals surface area contributed by atoms with Gasteiger partial charge in [0.25, 0.3) is 0 Å². The van der Waals surface area contributed by atoms with Crippen molar-refractivity contribution in [3.05, 3.63) is 30.3 Å². The number of hydrogen-bond acceptors (Lipinski definition) is 3. The molecule has 1 N–H and O–H groups in total.